The maximum Gasteiger partial charge on any atom is 0.142 e. The summed E-state index contributed by atoms with van der Waals surface area (Å²) in [5.41, 5.74) is 1.14. The van der Waals surface area contributed by atoms with Gasteiger partial charge in [0.15, 0.2) is 0 Å². The Morgan fingerprint density at radius 2 is 1.44 bits per heavy atom. The highest BCUT2D eigenvalue weighted by Crippen LogP contribution is 2.40. The largest absolute Gasteiger partial charge is 0.205 e. The molecule has 0 unspecified atom stereocenters. The van der Waals surface area contributed by atoms with E-state index in [9.17, 15) is 4.39 Å². The summed E-state index contributed by atoms with van der Waals surface area (Å²) in [7, 11) is 0. The maximum atomic E-state index is 13.7. The number of benzene rings is 1. The Balaban J connectivity index is 1.33. The van der Waals surface area contributed by atoms with E-state index in [1.54, 1.807) is 12.1 Å². The summed E-state index contributed by atoms with van der Waals surface area (Å²) < 4.78 is 13.7. The minimum atomic E-state index is -0.267. The molecule has 3 rings (SSSR count). The van der Waals surface area contributed by atoms with Crippen molar-refractivity contribution in [1.29, 1.82) is 0 Å². The maximum absolute atomic E-state index is 13.7. The van der Waals surface area contributed by atoms with Crippen LogP contribution in [-0.2, 0) is 0 Å². The summed E-state index contributed by atoms with van der Waals surface area (Å²) in [6, 6.07) is 5.39. The van der Waals surface area contributed by atoms with E-state index in [0.717, 1.165) is 23.3 Å². The summed E-state index contributed by atoms with van der Waals surface area (Å²) in [4.78, 5) is 0. The monoisotopic (exact) mass is 390 g/mol. The molecule has 2 heteroatoms. The fourth-order valence-electron chi connectivity index (χ4n) is 5.38. The Bertz CT molecular complexity index is 580. The van der Waals surface area contributed by atoms with E-state index in [-0.39, 0.29) is 10.8 Å². The molecule has 0 atom stereocenters. The van der Waals surface area contributed by atoms with Gasteiger partial charge >= 0.3 is 0 Å². The zero-order valence-electron chi connectivity index (χ0n) is 16.8. The third-order valence-electron chi connectivity index (χ3n) is 7.23. The van der Waals surface area contributed by atoms with Crippen molar-refractivity contribution in [2.24, 2.45) is 17.8 Å². The molecule has 27 heavy (non-hydrogen) atoms. The lowest BCUT2D eigenvalue weighted by molar-refractivity contribution is 0.223. The van der Waals surface area contributed by atoms with Crippen LogP contribution in [0.3, 0.4) is 0 Å². The Hall–Kier alpha value is -0.820. The van der Waals surface area contributed by atoms with E-state index in [4.69, 9.17) is 11.6 Å². The van der Waals surface area contributed by atoms with E-state index in [0.29, 0.717) is 5.92 Å². The van der Waals surface area contributed by atoms with Gasteiger partial charge in [-0.25, -0.2) is 4.39 Å². The second-order valence-corrected chi connectivity index (χ2v) is 9.48. The molecule has 2 aliphatic rings. The molecule has 0 radical (unpaired) electrons. The fourth-order valence-corrected chi connectivity index (χ4v) is 5.50. The lowest BCUT2D eigenvalue weighted by atomic mass is 9.74. The second kappa shape index (κ2) is 10.6. The van der Waals surface area contributed by atoms with E-state index >= 15 is 0 Å². The zero-order valence-corrected chi connectivity index (χ0v) is 17.5. The molecular weight excluding hydrogens is 355 g/mol. The van der Waals surface area contributed by atoms with Crippen LogP contribution < -0.4 is 0 Å². The van der Waals surface area contributed by atoms with Crippen LogP contribution in [0.1, 0.15) is 95.0 Å². The summed E-state index contributed by atoms with van der Waals surface area (Å²) in [6.45, 7) is 3.83. The first-order valence-corrected chi connectivity index (χ1v) is 11.6. The average Bonchev–Trinajstić information content (AvgIpc) is 2.70. The quantitative estimate of drug-likeness (QED) is 0.307. The van der Waals surface area contributed by atoms with E-state index in [1.807, 2.05) is 6.07 Å². The predicted octanol–water partition coefficient (Wildman–Crippen LogP) is 8.70. The van der Waals surface area contributed by atoms with Crippen LogP contribution in [0.2, 0.25) is 5.02 Å². The van der Waals surface area contributed by atoms with Gasteiger partial charge in [0.25, 0.3) is 0 Å². The smallest absolute Gasteiger partial charge is 0.142 e. The molecule has 0 nitrogen and oxygen atoms in total. The van der Waals surface area contributed by atoms with E-state index < -0.39 is 0 Å². The van der Waals surface area contributed by atoms with E-state index in [2.05, 4.69) is 12.7 Å². The standard InChI is InChI=1S/C25H36ClF/c1-2-3-4-5-19-6-8-20(9-7-19)10-11-21-12-14-22(15-13-21)23-16-17-24(26)25(27)18-23/h2,16-22H,1,3-15H2/t19-,20-,21-,22-. The lowest BCUT2D eigenvalue weighted by Crippen LogP contribution is -2.18. The molecule has 0 amide bonds. The van der Waals surface area contributed by atoms with Crippen molar-refractivity contribution in [2.45, 2.75) is 89.4 Å². The van der Waals surface area contributed by atoms with Gasteiger partial charge in [-0.2, -0.15) is 0 Å². The third-order valence-corrected chi connectivity index (χ3v) is 7.54. The molecule has 1 aromatic rings. The number of hydrogen-bond donors (Lipinski definition) is 0. The van der Waals surface area contributed by atoms with Gasteiger partial charge in [0.1, 0.15) is 5.82 Å². The SMILES string of the molecule is C=CCCC[C@H]1CC[C@H](CC[C@H]2CC[C@H](c3ccc(Cl)c(F)c3)CC2)CC1. The molecule has 0 N–H and O–H groups in total. The van der Waals surface area contributed by atoms with Gasteiger partial charge in [0, 0.05) is 0 Å². The van der Waals surface area contributed by atoms with Gasteiger partial charge in [-0.15, -0.1) is 6.58 Å². The first-order chi connectivity index (χ1) is 13.2. The highest BCUT2D eigenvalue weighted by atomic mass is 35.5. The molecule has 0 aromatic heterocycles. The van der Waals surface area contributed by atoms with Gasteiger partial charge in [-0.3, -0.25) is 0 Å². The summed E-state index contributed by atoms with van der Waals surface area (Å²) >= 11 is 5.82. The molecule has 0 bridgehead atoms. The molecule has 2 saturated carbocycles. The van der Waals surface area contributed by atoms with Gasteiger partial charge in [-0.05, 0) is 79.9 Å². The number of allylic oxidation sites excluding steroid dienone is 1. The highest BCUT2D eigenvalue weighted by molar-refractivity contribution is 6.30. The van der Waals surface area contributed by atoms with Crippen molar-refractivity contribution in [3.63, 3.8) is 0 Å². The van der Waals surface area contributed by atoms with Gasteiger partial charge < -0.3 is 0 Å². The summed E-state index contributed by atoms with van der Waals surface area (Å²) in [5.74, 6) is 3.11. The average molecular weight is 391 g/mol. The van der Waals surface area contributed by atoms with Gasteiger partial charge in [0.2, 0.25) is 0 Å². The van der Waals surface area contributed by atoms with Crippen molar-refractivity contribution < 1.29 is 4.39 Å². The Kier molecular flexibility index (Phi) is 8.24. The van der Waals surface area contributed by atoms with Crippen LogP contribution in [0, 0.1) is 23.6 Å². The van der Waals surface area contributed by atoms with Crippen molar-refractivity contribution in [2.75, 3.05) is 0 Å². The Labute approximate surface area is 170 Å². The zero-order chi connectivity index (χ0) is 19.1. The van der Waals surface area contributed by atoms with Crippen LogP contribution in [0.5, 0.6) is 0 Å². The summed E-state index contributed by atoms with van der Waals surface area (Å²) in [5, 5.41) is 0.239. The first kappa shape index (κ1) is 20.9. The topological polar surface area (TPSA) is 0 Å². The number of hydrogen-bond acceptors (Lipinski definition) is 0. The van der Waals surface area contributed by atoms with E-state index in [1.165, 1.54) is 83.5 Å². The Morgan fingerprint density at radius 3 is 2.00 bits per heavy atom. The van der Waals surface area contributed by atoms with Crippen LogP contribution in [0.4, 0.5) is 4.39 Å². The summed E-state index contributed by atoms with van der Waals surface area (Å²) in [6.07, 6.45) is 19.7. The van der Waals surface area contributed by atoms with Crippen molar-refractivity contribution in [3.05, 3.63) is 47.3 Å². The molecule has 2 fully saturated rings. The van der Waals surface area contributed by atoms with Crippen LogP contribution in [0.25, 0.3) is 0 Å². The number of rotatable bonds is 8. The molecule has 0 heterocycles. The Morgan fingerprint density at radius 1 is 0.889 bits per heavy atom. The number of halogens is 2. The number of unbranched alkanes of at least 4 members (excludes halogenated alkanes) is 1. The van der Waals surface area contributed by atoms with Crippen LogP contribution >= 0.6 is 11.6 Å². The van der Waals surface area contributed by atoms with Gasteiger partial charge in [0.05, 0.1) is 5.02 Å². The van der Waals surface area contributed by atoms with Crippen molar-refractivity contribution >= 4 is 11.6 Å². The predicted molar refractivity (Wildman–Crippen MR) is 115 cm³/mol. The molecule has 150 valence electrons. The lowest BCUT2D eigenvalue weighted by Gasteiger charge is -2.32. The molecular formula is C25H36ClF. The minimum Gasteiger partial charge on any atom is -0.205 e. The van der Waals surface area contributed by atoms with Gasteiger partial charge in [-0.1, -0.05) is 68.7 Å². The molecule has 0 spiro atoms. The van der Waals surface area contributed by atoms with Crippen molar-refractivity contribution in [1.82, 2.24) is 0 Å². The fraction of sp³-hybridized carbons (Fsp3) is 0.680. The van der Waals surface area contributed by atoms with Crippen molar-refractivity contribution in [3.8, 4) is 0 Å². The molecule has 0 saturated heterocycles. The normalized spacial score (nSPS) is 28.8. The third kappa shape index (κ3) is 6.34. The van der Waals surface area contributed by atoms with Crippen LogP contribution in [0.15, 0.2) is 30.9 Å². The minimum absolute atomic E-state index is 0.239. The van der Waals surface area contributed by atoms with Crippen LogP contribution in [-0.4, -0.2) is 0 Å². The molecule has 0 aliphatic heterocycles. The first-order valence-electron chi connectivity index (χ1n) is 11.2. The second-order valence-electron chi connectivity index (χ2n) is 9.07. The molecule has 1 aromatic carbocycles. The molecule has 2 aliphatic carbocycles. The highest BCUT2D eigenvalue weighted by Gasteiger charge is 2.25.